The zero-order valence-electron chi connectivity index (χ0n) is 25.6. The van der Waals surface area contributed by atoms with Gasteiger partial charge in [-0.15, -0.1) is 0 Å². The number of ether oxygens (including phenoxy) is 6. The fraction of sp³-hybridized carbons (Fsp3) is 0.324. The Morgan fingerprint density at radius 2 is 0.909 bits per heavy atom. The van der Waals surface area contributed by atoms with Crippen LogP contribution in [0.3, 0.4) is 0 Å². The van der Waals surface area contributed by atoms with Crippen LogP contribution in [-0.2, 0) is 31.8 Å². The molecule has 0 aliphatic heterocycles. The second-order valence-electron chi connectivity index (χ2n) is 10.1. The van der Waals surface area contributed by atoms with Crippen molar-refractivity contribution in [1.29, 1.82) is 0 Å². The topological polar surface area (TPSA) is 72.5 Å². The van der Waals surface area contributed by atoms with Crippen molar-refractivity contribution in [2.24, 2.45) is 0 Å². The van der Waals surface area contributed by atoms with E-state index in [4.69, 9.17) is 28.4 Å². The van der Waals surface area contributed by atoms with Gasteiger partial charge in [0, 0.05) is 26.1 Å². The largest absolute Gasteiger partial charge is 0.519 e. The molecule has 0 saturated heterocycles. The van der Waals surface area contributed by atoms with Gasteiger partial charge in [0.1, 0.15) is 11.5 Å². The van der Waals surface area contributed by atoms with Crippen molar-refractivity contribution in [2.75, 3.05) is 39.6 Å². The van der Waals surface area contributed by atoms with E-state index in [1.807, 2.05) is 74.5 Å². The highest BCUT2D eigenvalue weighted by Crippen LogP contribution is 2.26. The van der Waals surface area contributed by atoms with Crippen molar-refractivity contribution < 1.29 is 33.2 Å². The van der Waals surface area contributed by atoms with Crippen LogP contribution in [0, 0.1) is 0 Å². The SMILES string of the molecule is CCOCCOC(Cc1ccc(OC(=O)Oc2ccc(CC(OCCOCC)c3ccccc3)cc2)cc1)c1ccccc1. The van der Waals surface area contributed by atoms with Crippen molar-refractivity contribution >= 4 is 6.16 Å². The first kappa shape index (κ1) is 32.9. The third-order valence-electron chi connectivity index (χ3n) is 6.94. The lowest BCUT2D eigenvalue weighted by Crippen LogP contribution is -2.14. The molecule has 0 radical (unpaired) electrons. The average Bonchev–Trinajstić information content (AvgIpc) is 3.06. The summed E-state index contributed by atoms with van der Waals surface area (Å²) in [4.78, 5) is 12.5. The van der Waals surface area contributed by atoms with Gasteiger partial charge in [-0.2, -0.15) is 0 Å². The minimum Gasteiger partial charge on any atom is -0.395 e. The van der Waals surface area contributed by atoms with E-state index in [2.05, 4.69) is 24.3 Å². The summed E-state index contributed by atoms with van der Waals surface area (Å²) in [5.41, 5.74) is 4.32. The van der Waals surface area contributed by atoms with Gasteiger partial charge in [0.15, 0.2) is 0 Å². The molecule has 4 aromatic rings. The molecule has 0 aromatic heterocycles. The fourth-order valence-electron chi connectivity index (χ4n) is 4.70. The Morgan fingerprint density at radius 3 is 1.27 bits per heavy atom. The molecule has 0 saturated carbocycles. The second-order valence-corrected chi connectivity index (χ2v) is 10.1. The Labute approximate surface area is 260 Å². The van der Waals surface area contributed by atoms with E-state index in [1.54, 1.807) is 24.3 Å². The molecule has 4 rings (SSSR count). The van der Waals surface area contributed by atoms with Crippen molar-refractivity contribution in [3.63, 3.8) is 0 Å². The molecule has 4 aromatic carbocycles. The molecular formula is C37H42O7. The summed E-state index contributed by atoms with van der Waals surface area (Å²) in [6.07, 6.45) is 0.335. The summed E-state index contributed by atoms with van der Waals surface area (Å²) >= 11 is 0. The van der Waals surface area contributed by atoms with Gasteiger partial charge in [0.05, 0.1) is 38.6 Å². The molecule has 232 valence electrons. The highest BCUT2D eigenvalue weighted by Gasteiger charge is 2.16. The van der Waals surface area contributed by atoms with Crippen LogP contribution in [0.2, 0.25) is 0 Å². The molecule has 2 atom stereocenters. The number of benzene rings is 4. The van der Waals surface area contributed by atoms with Crippen molar-refractivity contribution in [2.45, 2.75) is 38.9 Å². The summed E-state index contributed by atoms with van der Waals surface area (Å²) in [6.45, 7) is 7.38. The van der Waals surface area contributed by atoms with Crippen LogP contribution < -0.4 is 9.47 Å². The van der Waals surface area contributed by atoms with Gasteiger partial charge < -0.3 is 28.4 Å². The predicted octanol–water partition coefficient (Wildman–Crippen LogP) is 7.94. The van der Waals surface area contributed by atoms with Gasteiger partial charge in [0.25, 0.3) is 0 Å². The van der Waals surface area contributed by atoms with Crippen LogP contribution in [0.1, 0.15) is 48.3 Å². The van der Waals surface area contributed by atoms with Crippen molar-refractivity contribution in [3.8, 4) is 11.5 Å². The number of rotatable bonds is 18. The summed E-state index contributed by atoms with van der Waals surface area (Å²) in [5.74, 6) is 0.803. The van der Waals surface area contributed by atoms with Crippen LogP contribution in [0.4, 0.5) is 4.79 Å². The predicted molar refractivity (Wildman–Crippen MR) is 170 cm³/mol. The number of carbonyl (C=O) groups is 1. The van der Waals surface area contributed by atoms with Gasteiger partial charge in [-0.1, -0.05) is 84.9 Å². The van der Waals surface area contributed by atoms with Gasteiger partial charge in [-0.3, -0.25) is 0 Å². The van der Waals surface area contributed by atoms with E-state index in [0.717, 1.165) is 22.3 Å². The van der Waals surface area contributed by atoms with E-state index in [0.29, 0.717) is 64.0 Å². The summed E-state index contributed by atoms with van der Waals surface area (Å²) in [5, 5.41) is 0. The van der Waals surface area contributed by atoms with Crippen LogP contribution in [0.15, 0.2) is 109 Å². The summed E-state index contributed by atoms with van der Waals surface area (Å²) in [6, 6.07) is 35.0. The lowest BCUT2D eigenvalue weighted by atomic mass is 10.0. The highest BCUT2D eigenvalue weighted by atomic mass is 16.7. The lowest BCUT2D eigenvalue weighted by molar-refractivity contribution is 0.00663. The maximum Gasteiger partial charge on any atom is 0.519 e. The number of hydrogen-bond acceptors (Lipinski definition) is 7. The Hall–Kier alpha value is -4.01. The summed E-state index contributed by atoms with van der Waals surface area (Å²) < 4.78 is 34.0. The fourth-order valence-corrected chi connectivity index (χ4v) is 4.70. The molecule has 0 heterocycles. The molecule has 0 bridgehead atoms. The minimum absolute atomic E-state index is 0.110. The van der Waals surface area contributed by atoms with E-state index in [9.17, 15) is 4.79 Å². The van der Waals surface area contributed by atoms with Gasteiger partial charge in [0.2, 0.25) is 0 Å². The quantitative estimate of drug-likeness (QED) is 0.0654. The third kappa shape index (κ3) is 11.2. The lowest BCUT2D eigenvalue weighted by Gasteiger charge is -2.19. The average molecular weight is 599 g/mol. The molecule has 0 amide bonds. The van der Waals surface area contributed by atoms with Gasteiger partial charge in [-0.05, 0) is 60.4 Å². The molecule has 0 aliphatic carbocycles. The molecule has 44 heavy (non-hydrogen) atoms. The van der Waals surface area contributed by atoms with E-state index >= 15 is 0 Å². The van der Waals surface area contributed by atoms with E-state index in [-0.39, 0.29) is 12.2 Å². The molecule has 0 fully saturated rings. The van der Waals surface area contributed by atoms with Crippen LogP contribution >= 0.6 is 0 Å². The molecule has 0 N–H and O–H groups in total. The molecule has 0 spiro atoms. The number of hydrogen-bond donors (Lipinski definition) is 0. The molecule has 7 heteroatoms. The number of carbonyl (C=O) groups excluding carboxylic acids is 1. The van der Waals surface area contributed by atoms with Crippen LogP contribution in [-0.4, -0.2) is 45.8 Å². The smallest absolute Gasteiger partial charge is 0.395 e. The molecular weight excluding hydrogens is 556 g/mol. The first-order chi connectivity index (χ1) is 21.6. The Kier molecular flexibility index (Phi) is 13.9. The first-order valence-electron chi connectivity index (χ1n) is 15.2. The van der Waals surface area contributed by atoms with E-state index < -0.39 is 6.16 Å². The zero-order chi connectivity index (χ0) is 30.8. The Balaban J connectivity index is 1.29. The van der Waals surface area contributed by atoms with Gasteiger partial charge >= 0.3 is 6.16 Å². The first-order valence-corrected chi connectivity index (χ1v) is 15.2. The maximum absolute atomic E-state index is 12.5. The monoisotopic (exact) mass is 598 g/mol. The molecule has 0 aliphatic rings. The minimum atomic E-state index is -0.798. The Bertz CT molecular complexity index is 1240. The standard InChI is InChI=1S/C37H42O7/c1-3-39-23-25-41-35(31-11-7-5-8-12-31)27-29-15-19-33(20-16-29)43-37(38)44-34-21-17-30(18-22-34)28-36(42-26-24-40-4-2)32-13-9-6-10-14-32/h5-22,35-36H,3-4,23-28H2,1-2H3. The van der Waals surface area contributed by atoms with Crippen LogP contribution in [0.5, 0.6) is 11.5 Å². The normalized spacial score (nSPS) is 12.4. The van der Waals surface area contributed by atoms with E-state index in [1.165, 1.54) is 0 Å². The second kappa shape index (κ2) is 18.6. The molecule has 2 unspecified atom stereocenters. The van der Waals surface area contributed by atoms with Crippen LogP contribution in [0.25, 0.3) is 0 Å². The third-order valence-corrected chi connectivity index (χ3v) is 6.94. The maximum atomic E-state index is 12.5. The molecule has 7 nitrogen and oxygen atoms in total. The highest BCUT2D eigenvalue weighted by molar-refractivity contribution is 5.67. The van der Waals surface area contributed by atoms with Crippen molar-refractivity contribution in [1.82, 2.24) is 0 Å². The zero-order valence-corrected chi connectivity index (χ0v) is 25.6. The Morgan fingerprint density at radius 1 is 0.523 bits per heavy atom. The van der Waals surface area contributed by atoms with Crippen molar-refractivity contribution in [3.05, 3.63) is 131 Å². The summed E-state index contributed by atoms with van der Waals surface area (Å²) in [7, 11) is 0. The van der Waals surface area contributed by atoms with Gasteiger partial charge in [-0.25, -0.2) is 4.79 Å².